The van der Waals surface area contributed by atoms with Crippen LogP contribution in [0.1, 0.15) is 79.9 Å². The summed E-state index contributed by atoms with van der Waals surface area (Å²) in [7, 11) is -0.389. The third-order valence-corrected chi connectivity index (χ3v) is 7.32. The van der Waals surface area contributed by atoms with Crippen LogP contribution >= 0.6 is 0 Å². The first-order valence-electron chi connectivity index (χ1n) is 12.4. The largest absolute Gasteiger partial charge is 0.494 e. The number of nitrogens with zero attached hydrogens (tertiary/aromatic N) is 2. The van der Waals surface area contributed by atoms with E-state index in [4.69, 9.17) is 14.0 Å². The molecule has 1 amide bonds. The van der Waals surface area contributed by atoms with Gasteiger partial charge in [0, 0.05) is 31.4 Å². The van der Waals surface area contributed by atoms with Gasteiger partial charge in [0.25, 0.3) is 0 Å². The molecule has 0 aliphatic carbocycles. The van der Waals surface area contributed by atoms with E-state index in [2.05, 4.69) is 65.5 Å². The second-order valence-electron chi connectivity index (χ2n) is 11.4. The molecule has 1 atom stereocenters. The summed E-state index contributed by atoms with van der Waals surface area (Å²) in [4.78, 5) is 16.9. The topological polar surface area (TPSA) is 51.2 Å². The lowest BCUT2D eigenvalue weighted by Crippen LogP contribution is -2.42. The van der Waals surface area contributed by atoms with Crippen molar-refractivity contribution in [3.8, 4) is 0 Å². The summed E-state index contributed by atoms with van der Waals surface area (Å²) in [6.45, 7) is 22.9. The third kappa shape index (κ3) is 5.35. The Morgan fingerprint density at radius 3 is 2.30 bits per heavy atom. The molecule has 2 saturated heterocycles. The van der Waals surface area contributed by atoms with Crippen LogP contribution in [0.5, 0.6) is 0 Å². The number of carbonyl (C=O) groups is 1. The van der Waals surface area contributed by atoms with Gasteiger partial charge in [0.05, 0.1) is 11.2 Å². The van der Waals surface area contributed by atoms with Gasteiger partial charge in [0.1, 0.15) is 5.60 Å². The van der Waals surface area contributed by atoms with Gasteiger partial charge >= 0.3 is 13.2 Å². The summed E-state index contributed by atoms with van der Waals surface area (Å²) in [5, 5.41) is 0. The molecule has 184 valence electrons. The third-order valence-electron chi connectivity index (χ3n) is 7.32. The van der Waals surface area contributed by atoms with Gasteiger partial charge in [-0.15, -0.1) is 0 Å². The maximum absolute atomic E-state index is 12.6. The summed E-state index contributed by atoms with van der Waals surface area (Å²) >= 11 is 0. The fraction of sp³-hybridized carbons (Fsp3) is 0.731. The molecule has 33 heavy (non-hydrogen) atoms. The Labute approximate surface area is 201 Å². The predicted octanol–water partition coefficient (Wildman–Crippen LogP) is 4.69. The quantitative estimate of drug-likeness (QED) is 0.599. The average Bonchev–Trinajstić information content (AvgIpc) is 3.25. The SMILES string of the molecule is CCc1cc(B2OC(C)(C)C(C)(C)O2)cc(N(CC)C2CCN(C(=O)OC(C)(C)C)C2)c1C. The van der Waals surface area contributed by atoms with Crippen molar-refractivity contribution in [2.24, 2.45) is 0 Å². The zero-order valence-electron chi connectivity index (χ0n) is 22.4. The number of ether oxygens (including phenoxy) is 1. The number of rotatable bonds is 5. The van der Waals surface area contributed by atoms with Gasteiger partial charge < -0.3 is 23.8 Å². The zero-order valence-corrected chi connectivity index (χ0v) is 22.4. The lowest BCUT2D eigenvalue weighted by Gasteiger charge is -2.33. The summed E-state index contributed by atoms with van der Waals surface area (Å²) in [5.74, 6) is 0. The summed E-state index contributed by atoms with van der Waals surface area (Å²) in [6, 6.07) is 4.71. The standard InChI is InChI=1S/C26H43BN2O4/c1-11-19-15-20(27-32-25(7,8)26(9,10)33-27)16-22(18(19)3)29(12-2)21-13-14-28(17-21)23(30)31-24(4,5)6/h15-16,21H,11-14,17H2,1-10H3. The Hall–Kier alpha value is -1.73. The Morgan fingerprint density at radius 1 is 1.18 bits per heavy atom. The molecule has 7 heteroatoms. The second-order valence-corrected chi connectivity index (χ2v) is 11.4. The number of hydrogen-bond donors (Lipinski definition) is 0. The Morgan fingerprint density at radius 2 is 1.79 bits per heavy atom. The van der Waals surface area contributed by atoms with Crippen LogP contribution in [0, 0.1) is 6.92 Å². The molecule has 0 radical (unpaired) electrons. The van der Waals surface area contributed by atoms with Crippen molar-refractivity contribution in [3.05, 3.63) is 23.3 Å². The number of benzene rings is 1. The number of aryl methyl sites for hydroxylation is 1. The molecule has 0 N–H and O–H groups in total. The predicted molar refractivity (Wildman–Crippen MR) is 136 cm³/mol. The van der Waals surface area contributed by atoms with Crippen molar-refractivity contribution in [3.63, 3.8) is 0 Å². The highest BCUT2D eigenvalue weighted by atomic mass is 16.7. The Kier molecular flexibility index (Phi) is 7.17. The van der Waals surface area contributed by atoms with Crippen LogP contribution in [0.4, 0.5) is 10.5 Å². The van der Waals surface area contributed by atoms with Gasteiger partial charge in [-0.3, -0.25) is 0 Å². The van der Waals surface area contributed by atoms with E-state index < -0.39 is 5.60 Å². The molecule has 2 aliphatic heterocycles. The highest BCUT2D eigenvalue weighted by Crippen LogP contribution is 2.37. The first kappa shape index (κ1) is 25.9. The van der Waals surface area contributed by atoms with Gasteiger partial charge in [-0.05, 0) is 97.8 Å². The molecular formula is C26H43BN2O4. The Bertz CT molecular complexity index is 862. The van der Waals surface area contributed by atoms with Crippen molar-refractivity contribution in [1.82, 2.24) is 4.90 Å². The maximum Gasteiger partial charge on any atom is 0.494 e. The van der Waals surface area contributed by atoms with Gasteiger partial charge in [0.15, 0.2) is 0 Å². The highest BCUT2D eigenvalue weighted by molar-refractivity contribution is 6.62. The fourth-order valence-electron chi connectivity index (χ4n) is 4.68. The number of likely N-dealkylation sites (N-methyl/N-ethyl adjacent to an activating group) is 1. The molecule has 6 nitrogen and oxygen atoms in total. The van der Waals surface area contributed by atoms with Gasteiger partial charge in [-0.1, -0.05) is 13.0 Å². The van der Waals surface area contributed by atoms with Gasteiger partial charge in [-0.2, -0.15) is 0 Å². The first-order chi connectivity index (χ1) is 15.2. The second kappa shape index (κ2) is 9.14. The van der Waals surface area contributed by atoms with Crippen LogP contribution < -0.4 is 10.4 Å². The molecule has 1 unspecified atom stereocenters. The minimum Gasteiger partial charge on any atom is -0.444 e. The van der Waals surface area contributed by atoms with Crippen LogP contribution in [0.3, 0.4) is 0 Å². The van der Waals surface area contributed by atoms with Gasteiger partial charge in [0.2, 0.25) is 0 Å². The van der Waals surface area contributed by atoms with E-state index in [1.807, 2.05) is 25.7 Å². The molecule has 2 fully saturated rings. The number of carbonyl (C=O) groups excluding carboxylic acids is 1. The monoisotopic (exact) mass is 458 g/mol. The van der Waals surface area contributed by atoms with E-state index in [1.165, 1.54) is 16.8 Å². The van der Waals surface area contributed by atoms with E-state index >= 15 is 0 Å². The minimum absolute atomic E-state index is 0.224. The summed E-state index contributed by atoms with van der Waals surface area (Å²) in [5.41, 5.74) is 3.62. The van der Waals surface area contributed by atoms with Crippen LogP contribution in [0.15, 0.2) is 12.1 Å². The summed E-state index contributed by atoms with van der Waals surface area (Å²) < 4.78 is 18.3. The van der Waals surface area contributed by atoms with Crippen LogP contribution in [-0.4, -0.2) is 60.6 Å². The van der Waals surface area contributed by atoms with Crippen molar-refractivity contribution in [2.75, 3.05) is 24.5 Å². The lowest BCUT2D eigenvalue weighted by atomic mass is 9.76. The van der Waals surface area contributed by atoms with E-state index in [0.29, 0.717) is 13.1 Å². The summed E-state index contributed by atoms with van der Waals surface area (Å²) in [6.07, 6.45) is 1.64. The van der Waals surface area contributed by atoms with Crippen molar-refractivity contribution in [2.45, 2.75) is 105 Å². The minimum atomic E-state index is -0.483. The van der Waals surface area contributed by atoms with Crippen molar-refractivity contribution in [1.29, 1.82) is 0 Å². The van der Waals surface area contributed by atoms with Crippen LogP contribution in [-0.2, 0) is 20.5 Å². The molecule has 1 aromatic carbocycles. The molecule has 2 aliphatic rings. The molecule has 3 rings (SSSR count). The van der Waals surface area contributed by atoms with E-state index in [-0.39, 0.29) is 30.5 Å². The number of hydrogen-bond acceptors (Lipinski definition) is 5. The number of anilines is 1. The smallest absolute Gasteiger partial charge is 0.444 e. The molecule has 1 aromatic rings. The normalized spacial score (nSPS) is 22.1. The molecule has 0 aromatic heterocycles. The van der Waals surface area contributed by atoms with E-state index in [1.54, 1.807) is 0 Å². The fourth-order valence-corrected chi connectivity index (χ4v) is 4.68. The molecular weight excluding hydrogens is 415 g/mol. The number of likely N-dealkylation sites (tertiary alicyclic amines) is 1. The zero-order chi connectivity index (χ0) is 24.8. The maximum atomic E-state index is 12.6. The molecule has 2 heterocycles. The van der Waals surface area contributed by atoms with Crippen LogP contribution in [0.2, 0.25) is 0 Å². The average molecular weight is 458 g/mol. The van der Waals surface area contributed by atoms with E-state index in [0.717, 1.165) is 24.8 Å². The van der Waals surface area contributed by atoms with Crippen LogP contribution in [0.25, 0.3) is 0 Å². The lowest BCUT2D eigenvalue weighted by molar-refractivity contribution is 0.00578. The highest BCUT2D eigenvalue weighted by Gasteiger charge is 2.52. The van der Waals surface area contributed by atoms with Crippen molar-refractivity contribution >= 4 is 24.4 Å². The van der Waals surface area contributed by atoms with Gasteiger partial charge in [-0.25, -0.2) is 4.79 Å². The van der Waals surface area contributed by atoms with E-state index in [9.17, 15) is 4.79 Å². The van der Waals surface area contributed by atoms with Crippen molar-refractivity contribution < 1.29 is 18.8 Å². The number of amides is 1. The molecule has 0 spiro atoms. The molecule has 0 saturated carbocycles. The molecule has 0 bridgehead atoms. The Balaban J connectivity index is 1.88. The first-order valence-corrected chi connectivity index (χ1v) is 12.4.